The third kappa shape index (κ3) is 4.04. The monoisotopic (exact) mass is 344 g/mol. The van der Waals surface area contributed by atoms with Gasteiger partial charge in [0.25, 0.3) is 0 Å². The number of para-hydroxylation sites is 1. The van der Waals surface area contributed by atoms with Crippen molar-refractivity contribution in [3.63, 3.8) is 0 Å². The van der Waals surface area contributed by atoms with Crippen LogP contribution in [0.15, 0.2) is 30.3 Å². The molecule has 2 heterocycles. The van der Waals surface area contributed by atoms with Gasteiger partial charge in [-0.15, -0.1) is 0 Å². The van der Waals surface area contributed by atoms with Gasteiger partial charge in [0.05, 0.1) is 18.7 Å². The molecule has 1 aromatic heterocycles. The predicted octanol–water partition coefficient (Wildman–Crippen LogP) is 2.79. The molecule has 0 saturated carbocycles. The highest BCUT2D eigenvalue weighted by Gasteiger charge is 2.28. The molecule has 0 radical (unpaired) electrons. The van der Waals surface area contributed by atoms with Crippen LogP contribution >= 0.6 is 0 Å². The highest BCUT2D eigenvalue weighted by Crippen LogP contribution is 2.24. The maximum atomic E-state index is 13.7. The number of carbonyl (C=O) groups is 1. The minimum Gasteiger partial charge on any atom is -0.481 e. The van der Waals surface area contributed by atoms with Crippen molar-refractivity contribution in [1.29, 1.82) is 0 Å². The molecule has 1 fully saturated rings. The van der Waals surface area contributed by atoms with Crippen LogP contribution in [0.2, 0.25) is 0 Å². The number of aryl methyl sites for hydroxylation is 1. The van der Waals surface area contributed by atoms with Gasteiger partial charge in [-0.3, -0.25) is 4.79 Å². The van der Waals surface area contributed by atoms with E-state index < -0.39 is 5.82 Å². The molecule has 6 nitrogen and oxygen atoms in total. The van der Waals surface area contributed by atoms with E-state index in [9.17, 15) is 9.18 Å². The number of carbonyl (C=O) groups excluding carboxylic acids is 1. The Morgan fingerprint density at radius 2 is 2.16 bits per heavy atom. The molecule has 1 aliphatic rings. The van der Waals surface area contributed by atoms with Gasteiger partial charge < -0.3 is 15.0 Å². The molecule has 0 spiro atoms. The average Bonchev–Trinajstić information content (AvgIpc) is 2.63. The Balaban J connectivity index is 1.71. The molecule has 0 unspecified atom stereocenters. The summed E-state index contributed by atoms with van der Waals surface area (Å²) < 4.78 is 18.9. The van der Waals surface area contributed by atoms with Gasteiger partial charge in [0, 0.05) is 24.8 Å². The molecule has 1 aliphatic heterocycles. The summed E-state index contributed by atoms with van der Waals surface area (Å²) in [6.45, 7) is 3.14. The van der Waals surface area contributed by atoms with Crippen molar-refractivity contribution >= 4 is 17.5 Å². The lowest BCUT2D eigenvalue weighted by Gasteiger charge is -2.32. The summed E-state index contributed by atoms with van der Waals surface area (Å²) in [4.78, 5) is 23.3. The number of benzene rings is 1. The lowest BCUT2D eigenvalue weighted by molar-refractivity contribution is -0.120. The Labute approximate surface area is 146 Å². The third-order valence-electron chi connectivity index (χ3n) is 4.23. The summed E-state index contributed by atoms with van der Waals surface area (Å²) in [5, 5.41) is 2.68. The van der Waals surface area contributed by atoms with Crippen LogP contribution in [-0.2, 0) is 4.79 Å². The number of ether oxygens (including phenoxy) is 1. The summed E-state index contributed by atoms with van der Waals surface area (Å²) >= 11 is 0. The van der Waals surface area contributed by atoms with Crippen molar-refractivity contribution in [2.24, 2.45) is 5.92 Å². The van der Waals surface area contributed by atoms with Gasteiger partial charge >= 0.3 is 0 Å². The van der Waals surface area contributed by atoms with Crippen LogP contribution in [0.5, 0.6) is 5.88 Å². The topological polar surface area (TPSA) is 67.3 Å². The van der Waals surface area contributed by atoms with E-state index in [2.05, 4.69) is 15.3 Å². The fourth-order valence-corrected chi connectivity index (χ4v) is 2.94. The number of anilines is 2. The fourth-order valence-electron chi connectivity index (χ4n) is 2.94. The van der Waals surface area contributed by atoms with Crippen molar-refractivity contribution in [3.8, 4) is 5.88 Å². The number of aromatic nitrogens is 2. The molecule has 1 amide bonds. The van der Waals surface area contributed by atoms with Crippen LogP contribution in [0.1, 0.15) is 18.5 Å². The summed E-state index contributed by atoms with van der Waals surface area (Å²) in [6.07, 6.45) is 1.59. The lowest BCUT2D eigenvalue weighted by atomic mass is 9.97. The second-order valence-corrected chi connectivity index (χ2v) is 6.11. The Bertz CT molecular complexity index is 768. The normalized spacial score (nSPS) is 17.2. The van der Waals surface area contributed by atoms with Crippen LogP contribution in [0.25, 0.3) is 0 Å². The molecule has 132 valence electrons. The third-order valence-corrected chi connectivity index (χ3v) is 4.23. The lowest BCUT2D eigenvalue weighted by Crippen LogP contribution is -2.41. The number of hydrogen-bond donors (Lipinski definition) is 1. The summed E-state index contributed by atoms with van der Waals surface area (Å²) in [5.74, 6) is 0.189. The van der Waals surface area contributed by atoms with Crippen molar-refractivity contribution in [1.82, 2.24) is 9.97 Å². The summed E-state index contributed by atoms with van der Waals surface area (Å²) in [7, 11) is 1.56. The highest BCUT2D eigenvalue weighted by molar-refractivity contribution is 5.93. The van der Waals surface area contributed by atoms with Crippen LogP contribution in [-0.4, -0.2) is 36.1 Å². The molecule has 1 aromatic carbocycles. The van der Waals surface area contributed by atoms with Crippen molar-refractivity contribution < 1.29 is 13.9 Å². The average molecular weight is 344 g/mol. The Hall–Kier alpha value is -2.70. The molecule has 0 bridgehead atoms. The Morgan fingerprint density at radius 1 is 1.36 bits per heavy atom. The molecule has 1 N–H and O–H groups in total. The van der Waals surface area contributed by atoms with Gasteiger partial charge in [-0.2, -0.15) is 4.98 Å². The van der Waals surface area contributed by atoms with E-state index in [1.165, 1.54) is 6.07 Å². The summed E-state index contributed by atoms with van der Waals surface area (Å²) in [6, 6.07) is 7.93. The second-order valence-electron chi connectivity index (χ2n) is 6.11. The number of rotatable bonds is 4. The smallest absolute Gasteiger partial charge is 0.229 e. The minimum absolute atomic E-state index is 0.186. The van der Waals surface area contributed by atoms with Crippen LogP contribution in [0.4, 0.5) is 16.0 Å². The maximum absolute atomic E-state index is 13.7. The minimum atomic E-state index is -0.435. The highest BCUT2D eigenvalue weighted by atomic mass is 19.1. The van der Waals surface area contributed by atoms with E-state index in [4.69, 9.17) is 4.74 Å². The molecular formula is C18H21FN4O2. The van der Waals surface area contributed by atoms with Gasteiger partial charge in [-0.25, -0.2) is 9.37 Å². The maximum Gasteiger partial charge on any atom is 0.229 e. The van der Waals surface area contributed by atoms with E-state index >= 15 is 0 Å². The largest absolute Gasteiger partial charge is 0.481 e. The van der Waals surface area contributed by atoms with E-state index in [1.807, 2.05) is 11.8 Å². The zero-order valence-electron chi connectivity index (χ0n) is 14.3. The Kier molecular flexibility index (Phi) is 5.11. The van der Waals surface area contributed by atoms with Gasteiger partial charge in [0.15, 0.2) is 0 Å². The molecule has 25 heavy (non-hydrogen) atoms. The number of hydrogen-bond acceptors (Lipinski definition) is 5. The molecule has 1 saturated heterocycles. The zero-order valence-corrected chi connectivity index (χ0v) is 14.3. The predicted molar refractivity (Wildman–Crippen MR) is 93.3 cm³/mol. The number of methoxy groups -OCH3 is 1. The molecule has 7 heteroatoms. The van der Waals surface area contributed by atoms with Crippen LogP contribution < -0.4 is 15.0 Å². The van der Waals surface area contributed by atoms with Crippen molar-refractivity contribution in [2.75, 3.05) is 30.4 Å². The number of piperidine rings is 1. The van der Waals surface area contributed by atoms with E-state index in [1.54, 1.807) is 31.4 Å². The van der Waals surface area contributed by atoms with E-state index in [0.29, 0.717) is 18.4 Å². The number of nitrogens with one attached hydrogen (secondary N) is 1. The molecule has 3 rings (SSSR count). The standard InChI is InChI=1S/C18H21FN4O2/c1-12-10-16(25-2)22-18(20-12)23-9-5-6-13(11-23)17(24)21-15-8-4-3-7-14(15)19/h3-4,7-8,10,13H,5-6,9,11H2,1-2H3,(H,21,24)/t13-/m1/s1. The van der Waals surface area contributed by atoms with Crippen LogP contribution in [0.3, 0.4) is 0 Å². The molecule has 0 aliphatic carbocycles. The Morgan fingerprint density at radius 3 is 2.92 bits per heavy atom. The first-order valence-corrected chi connectivity index (χ1v) is 8.27. The van der Waals surface area contributed by atoms with Gasteiger partial charge in [0.2, 0.25) is 17.7 Å². The molecule has 1 atom stereocenters. The SMILES string of the molecule is COc1cc(C)nc(N2CCC[C@@H](C(=O)Nc3ccccc3F)C2)n1. The number of nitrogens with zero attached hydrogens (tertiary/aromatic N) is 3. The van der Waals surface area contributed by atoms with Crippen LogP contribution in [0, 0.1) is 18.7 Å². The fraction of sp³-hybridized carbons (Fsp3) is 0.389. The first kappa shape index (κ1) is 17.1. The van der Waals surface area contributed by atoms with E-state index in [-0.39, 0.29) is 17.5 Å². The molecule has 2 aromatic rings. The second kappa shape index (κ2) is 7.46. The number of halogens is 1. The first-order chi connectivity index (χ1) is 12.1. The quantitative estimate of drug-likeness (QED) is 0.924. The molecular weight excluding hydrogens is 323 g/mol. The van der Waals surface area contributed by atoms with E-state index in [0.717, 1.165) is 25.1 Å². The van der Waals surface area contributed by atoms with Crippen molar-refractivity contribution in [2.45, 2.75) is 19.8 Å². The van der Waals surface area contributed by atoms with Gasteiger partial charge in [-0.05, 0) is 31.9 Å². The number of amides is 1. The van der Waals surface area contributed by atoms with Gasteiger partial charge in [0.1, 0.15) is 5.82 Å². The first-order valence-electron chi connectivity index (χ1n) is 8.27. The summed E-state index contributed by atoms with van der Waals surface area (Å²) in [5.41, 5.74) is 1.01. The van der Waals surface area contributed by atoms with Crippen molar-refractivity contribution in [3.05, 3.63) is 41.8 Å². The zero-order chi connectivity index (χ0) is 17.8. The van der Waals surface area contributed by atoms with Gasteiger partial charge in [-0.1, -0.05) is 12.1 Å².